The standard InChI is InChI=1S/C18H24ClN7O2S.C2HF3O2/c19-13-1-2-16(22-8-13)23-17(27)9-24-5-3-14(4-6-24)26(21)10-18(28)25-12-29-11-15(25)7-20;3-2(4,5)1(6)7/h1-2,8,14-15H,3-6,9-12,21H2,(H,22,23,27);(H,6,7)/t15-;/m1./s1. The monoisotopic (exact) mass is 551 g/mol. The number of hydrogen-bond donors (Lipinski definition) is 3. The van der Waals surface area contributed by atoms with Crippen LogP contribution in [0, 0.1) is 11.3 Å². The third-order valence-corrected chi connectivity index (χ3v) is 6.54. The molecule has 0 bridgehead atoms. The molecule has 0 aromatic carbocycles. The zero-order chi connectivity index (χ0) is 26.9. The molecule has 2 aliphatic heterocycles. The van der Waals surface area contributed by atoms with Crippen molar-refractivity contribution in [1.29, 1.82) is 5.26 Å². The number of pyridine rings is 1. The number of amides is 2. The number of hydrazine groups is 1. The molecule has 2 aliphatic rings. The third-order valence-electron chi connectivity index (χ3n) is 5.30. The number of nitrogens with zero attached hydrogens (tertiary/aromatic N) is 5. The van der Waals surface area contributed by atoms with E-state index in [-0.39, 0.29) is 37.0 Å². The summed E-state index contributed by atoms with van der Waals surface area (Å²) in [5.41, 5.74) is 0. The molecule has 36 heavy (non-hydrogen) atoms. The van der Waals surface area contributed by atoms with Crippen molar-refractivity contribution in [2.75, 3.05) is 43.1 Å². The first kappa shape index (κ1) is 29.6. The molecule has 1 atom stereocenters. The number of carbonyl (C=O) groups is 3. The first-order valence-electron chi connectivity index (χ1n) is 10.6. The quantitative estimate of drug-likeness (QED) is 0.348. The molecule has 3 rings (SSSR count). The van der Waals surface area contributed by atoms with Gasteiger partial charge in [0.2, 0.25) is 11.8 Å². The van der Waals surface area contributed by atoms with Crippen molar-refractivity contribution in [1.82, 2.24) is 19.8 Å². The van der Waals surface area contributed by atoms with E-state index in [0.717, 1.165) is 12.8 Å². The van der Waals surface area contributed by atoms with Crippen molar-refractivity contribution in [3.8, 4) is 6.07 Å². The Morgan fingerprint density at radius 1 is 1.33 bits per heavy atom. The highest BCUT2D eigenvalue weighted by atomic mass is 35.5. The van der Waals surface area contributed by atoms with Crippen LogP contribution >= 0.6 is 23.4 Å². The number of aromatic nitrogens is 1. The van der Waals surface area contributed by atoms with E-state index in [1.807, 2.05) is 0 Å². The highest BCUT2D eigenvalue weighted by Crippen LogP contribution is 2.21. The zero-order valence-corrected chi connectivity index (χ0v) is 20.5. The molecule has 2 fully saturated rings. The van der Waals surface area contributed by atoms with Crippen molar-refractivity contribution >= 4 is 47.0 Å². The summed E-state index contributed by atoms with van der Waals surface area (Å²) in [6.07, 6.45) is -2.06. The lowest BCUT2D eigenvalue weighted by Gasteiger charge is -2.36. The number of aliphatic carboxylic acids is 1. The fourth-order valence-corrected chi connectivity index (χ4v) is 4.63. The van der Waals surface area contributed by atoms with E-state index in [1.165, 1.54) is 6.20 Å². The molecule has 0 unspecified atom stereocenters. The molecule has 2 amide bonds. The normalized spacial score (nSPS) is 18.8. The molecule has 2 saturated heterocycles. The minimum absolute atomic E-state index is 0.0759. The number of carboxylic acids is 1. The Balaban J connectivity index is 0.000000572. The lowest BCUT2D eigenvalue weighted by Crippen LogP contribution is -2.53. The highest BCUT2D eigenvalue weighted by Gasteiger charge is 2.38. The summed E-state index contributed by atoms with van der Waals surface area (Å²) in [7, 11) is 0. The molecule has 0 spiro atoms. The Hall–Kier alpha value is -2.64. The molecule has 11 nitrogen and oxygen atoms in total. The summed E-state index contributed by atoms with van der Waals surface area (Å²) >= 11 is 7.37. The Kier molecular flexibility index (Phi) is 11.2. The summed E-state index contributed by atoms with van der Waals surface area (Å²) in [6, 6.07) is 5.20. The number of carboxylic acid groups (broad SMARTS) is 1. The molecule has 4 N–H and O–H groups in total. The number of carbonyl (C=O) groups excluding carboxylic acids is 2. The van der Waals surface area contributed by atoms with Gasteiger partial charge < -0.3 is 15.3 Å². The first-order valence-corrected chi connectivity index (χ1v) is 12.2. The lowest BCUT2D eigenvalue weighted by atomic mass is 10.0. The first-order chi connectivity index (χ1) is 16.9. The molecule has 1 aromatic heterocycles. The number of alkyl halides is 3. The van der Waals surface area contributed by atoms with Gasteiger partial charge in [0, 0.05) is 31.1 Å². The average molecular weight is 552 g/mol. The van der Waals surface area contributed by atoms with Gasteiger partial charge in [-0.15, -0.1) is 11.8 Å². The minimum atomic E-state index is -5.08. The number of piperidine rings is 1. The van der Waals surface area contributed by atoms with E-state index in [4.69, 9.17) is 32.6 Å². The van der Waals surface area contributed by atoms with Gasteiger partial charge >= 0.3 is 12.1 Å². The van der Waals surface area contributed by atoms with Crippen LogP contribution in [0.2, 0.25) is 5.02 Å². The van der Waals surface area contributed by atoms with Gasteiger partial charge in [0.1, 0.15) is 11.9 Å². The second kappa shape index (κ2) is 13.6. The van der Waals surface area contributed by atoms with Crippen LogP contribution in [0.5, 0.6) is 0 Å². The number of nitrogens with two attached hydrogens (primary N) is 1. The number of nitriles is 1. The van der Waals surface area contributed by atoms with Gasteiger partial charge in [-0.2, -0.15) is 18.4 Å². The van der Waals surface area contributed by atoms with Gasteiger partial charge in [-0.25, -0.2) is 14.8 Å². The maximum Gasteiger partial charge on any atom is 0.490 e. The third kappa shape index (κ3) is 9.43. The van der Waals surface area contributed by atoms with Crippen molar-refractivity contribution in [2.45, 2.75) is 31.1 Å². The topological polar surface area (TPSA) is 156 Å². The fourth-order valence-electron chi connectivity index (χ4n) is 3.42. The van der Waals surface area contributed by atoms with Gasteiger partial charge in [0.15, 0.2) is 0 Å². The van der Waals surface area contributed by atoms with Crippen LogP contribution in [0.25, 0.3) is 0 Å². The fraction of sp³-hybridized carbons (Fsp3) is 0.550. The summed E-state index contributed by atoms with van der Waals surface area (Å²) in [6.45, 7) is 1.81. The Morgan fingerprint density at radius 3 is 2.50 bits per heavy atom. The second-order valence-electron chi connectivity index (χ2n) is 7.90. The maximum atomic E-state index is 12.4. The van der Waals surface area contributed by atoms with E-state index < -0.39 is 12.1 Å². The van der Waals surface area contributed by atoms with Crippen molar-refractivity contribution in [3.05, 3.63) is 23.4 Å². The largest absolute Gasteiger partial charge is 0.490 e. The van der Waals surface area contributed by atoms with Gasteiger partial charge in [-0.05, 0) is 25.0 Å². The van der Waals surface area contributed by atoms with Crippen LogP contribution < -0.4 is 11.2 Å². The maximum absolute atomic E-state index is 12.4. The SMILES string of the molecule is N#C[C@@H]1CSCN1C(=O)CN(N)C1CCN(CC(=O)Nc2ccc(Cl)cn2)CC1.O=C(O)C(F)(F)F. The van der Waals surface area contributed by atoms with Crippen LogP contribution in [0.15, 0.2) is 18.3 Å². The highest BCUT2D eigenvalue weighted by molar-refractivity contribution is 7.99. The molecule has 16 heteroatoms. The summed E-state index contributed by atoms with van der Waals surface area (Å²) in [5, 5.41) is 21.1. The molecular weight excluding hydrogens is 527 g/mol. The number of hydrogen-bond acceptors (Lipinski definition) is 9. The predicted molar refractivity (Wildman–Crippen MR) is 125 cm³/mol. The van der Waals surface area contributed by atoms with Crippen LogP contribution in [-0.4, -0.2) is 98.8 Å². The Labute approximate surface area is 214 Å². The summed E-state index contributed by atoms with van der Waals surface area (Å²) in [4.78, 5) is 41.2. The van der Waals surface area contributed by atoms with Gasteiger partial charge in [-0.3, -0.25) is 20.3 Å². The Morgan fingerprint density at radius 2 is 1.97 bits per heavy atom. The van der Waals surface area contributed by atoms with Gasteiger partial charge in [-0.1, -0.05) is 11.6 Å². The molecule has 1 aromatic rings. The molecule has 0 saturated carbocycles. The average Bonchev–Trinajstić information content (AvgIpc) is 3.30. The molecule has 3 heterocycles. The number of nitrogens with one attached hydrogen (secondary N) is 1. The number of likely N-dealkylation sites (tertiary alicyclic amines) is 1. The van der Waals surface area contributed by atoms with E-state index in [9.17, 15) is 22.8 Å². The van der Waals surface area contributed by atoms with Crippen LogP contribution in [0.1, 0.15) is 12.8 Å². The summed E-state index contributed by atoms with van der Waals surface area (Å²) < 4.78 is 31.7. The number of anilines is 1. The number of halogens is 4. The van der Waals surface area contributed by atoms with Crippen molar-refractivity contribution < 1.29 is 32.7 Å². The van der Waals surface area contributed by atoms with Crippen LogP contribution in [0.3, 0.4) is 0 Å². The van der Waals surface area contributed by atoms with E-state index in [0.29, 0.717) is 35.6 Å². The predicted octanol–water partition coefficient (Wildman–Crippen LogP) is 1.37. The second-order valence-corrected chi connectivity index (χ2v) is 9.34. The van der Waals surface area contributed by atoms with E-state index in [1.54, 1.807) is 33.8 Å². The number of thioether (sulfide) groups is 1. The van der Waals surface area contributed by atoms with E-state index in [2.05, 4.69) is 21.3 Å². The van der Waals surface area contributed by atoms with Crippen molar-refractivity contribution in [3.63, 3.8) is 0 Å². The molecule has 198 valence electrons. The number of rotatable bonds is 6. The van der Waals surface area contributed by atoms with E-state index >= 15 is 0 Å². The zero-order valence-electron chi connectivity index (χ0n) is 18.9. The van der Waals surface area contributed by atoms with Gasteiger partial charge in [0.25, 0.3) is 0 Å². The summed E-state index contributed by atoms with van der Waals surface area (Å²) in [5.74, 6) is 4.81. The minimum Gasteiger partial charge on any atom is -0.475 e. The van der Waals surface area contributed by atoms with Gasteiger partial charge in [0.05, 0.1) is 30.1 Å². The molecule has 0 aliphatic carbocycles. The van der Waals surface area contributed by atoms with Crippen LogP contribution in [0.4, 0.5) is 19.0 Å². The van der Waals surface area contributed by atoms with Crippen molar-refractivity contribution in [2.24, 2.45) is 5.84 Å². The molecule has 0 radical (unpaired) electrons. The van der Waals surface area contributed by atoms with Crippen LogP contribution in [-0.2, 0) is 14.4 Å². The smallest absolute Gasteiger partial charge is 0.475 e. The molecular formula is C20H25ClF3N7O4S. The Bertz CT molecular complexity index is 956. The lowest BCUT2D eigenvalue weighted by molar-refractivity contribution is -0.192.